The van der Waals surface area contributed by atoms with Crippen LogP contribution < -0.4 is 10.6 Å². The van der Waals surface area contributed by atoms with E-state index in [0.717, 1.165) is 12.8 Å². The van der Waals surface area contributed by atoms with E-state index in [4.69, 9.17) is 40.6 Å². The summed E-state index contributed by atoms with van der Waals surface area (Å²) in [5.74, 6) is -2.72. The zero-order valence-electron chi connectivity index (χ0n) is 39.4. The van der Waals surface area contributed by atoms with Gasteiger partial charge in [-0.3, -0.25) is 9.69 Å². The van der Waals surface area contributed by atoms with Crippen molar-refractivity contribution in [1.29, 1.82) is 0 Å². The Labute approximate surface area is 371 Å². The highest BCUT2D eigenvalue weighted by Crippen LogP contribution is 2.38. The Bertz CT molecular complexity index is 1330. The molecule has 0 spiro atoms. The van der Waals surface area contributed by atoms with E-state index >= 15 is 0 Å². The minimum Gasteiger partial charge on any atom is -0.459 e. The summed E-state index contributed by atoms with van der Waals surface area (Å²) < 4.78 is 37.6. The second kappa shape index (κ2) is 24.3. The van der Waals surface area contributed by atoms with Crippen LogP contribution in [-0.2, 0) is 33.2 Å². The molecule has 0 amide bonds. The van der Waals surface area contributed by atoms with Gasteiger partial charge >= 0.3 is 5.97 Å². The first-order valence-electron chi connectivity index (χ1n) is 22.7. The molecule has 0 aromatic heterocycles. The van der Waals surface area contributed by atoms with Gasteiger partial charge in [-0.25, -0.2) is 0 Å². The summed E-state index contributed by atoms with van der Waals surface area (Å²) in [4.78, 5) is 18.5. The Morgan fingerprint density at radius 1 is 1.10 bits per heavy atom. The van der Waals surface area contributed by atoms with Gasteiger partial charge in [0.05, 0.1) is 48.6 Å². The second-order valence-electron chi connectivity index (χ2n) is 19.1. The van der Waals surface area contributed by atoms with Gasteiger partial charge in [0, 0.05) is 57.2 Å². The minimum atomic E-state index is -1.86. The van der Waals surface area contributed by atoms with Crippen molar-refractivity contribution < 1.29 is 58.7 Å². The first kappa shape index (κ1) is 54.0. The average Bonchev–Trinajstić information content (AvgIpc) is 4.00. The lowest BCUT2D eigenvalue weighted by Crippen LogP contribution is -2.59. The van der Waals surface area contributed by atoms with Gasteiger partial charge in [-0.15, -0.1) is 0 Å². The quantitative estimate of drug-likeness (QED) is 0.0486. The molecule has 3 rings (SSSR count). The van der Waals surface area contributed by atoms with E-state index in [2.05, 4.69) is 15.5 Å². The van der Waals surface area contributed by atoms with Crippen molar-refractivity contribution in [3.63, 3.8) is 0 Å². The van der Waals surface area contributed by atoms with E-state index in [0.29, 0.717) is 43.6 Å². The molecule has 2 saturated heterocycles. The van der Waals surface area contributed by atoms with Gasteiger partial charge in [-0.1, -0.05) is 20.8 Å². The number of aliphatic hydroxyl groups is 5. The SMILES string of the molecule is CC[C@H]1OC(=O)[C@H](C)[C@@H](O[C@@H](CCOC)O[C@@H](C)[C@@H](C)O)[C@H](C)[C@@H](O[C@@H]2O[C@H](C)C[C@H](N(C)C)[C@H]2O)[C@](C)(O)C[C@@H](C)CN(CCCNC(=S)NC2CC2)[C@H](C)[C@@H](O)[C@]1(C)O. The van der Waals surface area contributed by atoms with E-state index in [-0.39, 0.29) is 43.9 Å². The van der Waals surface area contributed by atoms with Crippen molar-refractivity contribution in [2.24, 2.45) is 17.8 Å². The number of esters is 1. The molecule has 0 unspecified atom stereocenters. The number of nitrogens with zero attached hydrogens (tertiary/aromatic N) is 2. The van der Waals surface area contributed by atoms with Crippen molar-refractivity contribution in [3.05, 3.63) is 0 Å². The maximum absolute atomic E-state index is 14.5. The molecule has 0 aromatic carbocycles. The molecule has 2 aliphatic heterocycles. The molecule has 1 aliphatic carbocycles. The monoisotopic (exact) mass is 893 g/mol. The number of rotatable bonds is 17. The zero-order chi connectivity index (χ0) is 46.0. The minimum absolute atomic E-state index is 0.199. The van der Waals surface area contributed by atoms with Gasteiger partial charge in [0.25, 0.3) is 0 Å². The average molecular weight is 893 g/mol. The Balaban J connectivity index is 2.14. The Kier molecular flexibility index (Phi) is 21.5. The molecule has 61 heavy (non-hydrogen) atoms. The number of carbonyl (C=O) groups is 1. The van der Waals surface area contributed by atoms with Crippen LogP contribution in [0.3, 0.4) is 0 Å². The number of cyclic esters (lactones) is 1. The van der Waals surface area contributed by atoms with Crippen LogP contribution in [0.2, 0.25) is 0 Å². The number of thiocarbonyl (C=S) groups is 1. The van der Waals surface area contributed by atoms with E-state index in [1.54, 1.807) is 41.7 Å². The van der Waals surface area contributed by atoms with Crippen LogP contribution in [0, 0.1) is 17.8 Å². The topological polar surface area (TPSA) is 204 Å². The summed E-state index contributed by atoms with van der Waals surface area (Å²) in [6.07, 6.45) is -5.41. The number of hydrogen-bond donors (Lipinski definition) is 7. The molecule has 3 aliphatic rings. The molecule has 0 bridgehead atoms. The molecule has 7 N–H and O–H groups in total. The van der Waals surface area contributed by atoms with Crippen LogP contribution in [0.1, 0.15) is 114 Å². The van der Waals surface area contributed by atoms with Crippen molar-refractivity contribution >= 4 is 23.3 Å². The number of hydrogen-bond acceptors (Lipinski definition) is 15. The maximum Gasteiger partial charge on any atom is 0.311 e. The van der Waals surface area contributed by atoms with E-state index in [9.17, 15) is 30.3 Å². The molecular weight excluding hydrogens is 809 g/mol. The number of nitrogens with one attached hydrogen (secondary N) is 2. The largest absolute Gasteiger partial charge is 0.459 e. The van der Waals surface area contributed by atoms with E-state index < -0.39 is 90.4 Å². The number of aliphatic hydroxyl groups excluding tert-OH is 3. The van der Waals surface area contributed by atoms with Gasteiger partial charge in [-0.05, 0) is 119 Å². The maximum atomic E-state index is 14.5. The predicted molar refractivity (Wildman–Crippen MR) is 237 cm³/mol. The van der Waals surface area contributed by atoms with Crippen LogP contribution in [0.5, 0.6) is 0 Å². The van der Waals surface area contributed by atoms with Crippen molar-refractivity contribution in [1.82, 2.24) is 20.4 Å². The standard InChI is InChI=1S/C44H84N4O12S/c1-14-34-44(10,54)38(51)29(6)48(20-15-19-45-42(61)46-32-16-17-32)24-25(2)23-43(9,53)39(60-41-36(50)33(47(11)12)22-26(3)56-41)27(4)37(28(5)40(52)58-34)59-35(18-21-55-13)57-31(8)30(7)49/h25-39,41,49-51,53-54H,14-24H2,1-13H3,(H2,45,46,61)/t25-,26-,27+,28-,29-,30-,31+,33+,34-,35+,36-,37+,38-,39-,41+,43-,44-/m1/s1. The van der Waals surface area contributed by atoms with Crippen molar-refractivity contribution in [3.8, 4) is 0 Å². The first-order valence-corrected chi connectivity index (χ1v) is 23.1. The molecule has 1 saturated carbocycles. The first-order chi connectivity index (χ1) is 28.4. The van der Waals surface area contributed by atoms with Crippen LogP contribution in [0.4, 0.5) is 0 Å². The summed E-state index contributed by atoms with van der Waals surface area (Å²) in [6.45, 7) is 19.3. The summed E-state index contributed by atoms with van der Waals surface area (Å²) in [5.41, 5.74) is -3.46. The van der Waals surface area contributed by atoms with Crippen molar-refractivity contribution in [2.45, 2.75) is 205 Å². The van der Waals surface area contributed by atoms with Crippen molar-refractivity contribution in [2.75, 3.05) is 47.4 Å². The van der Waals surface area contributed by atoms with Gasteiger partial charge in [0.15, 0.2) is 17.7 Å². The summed E-state index contributed by atoms with van der Waals surface area (Å²) >= 11 is 5.48. The van der Waals surface area contributed by atoms with Gasteiger partial charge < -0.3 is 69.5 Å². The molecule has 16 nitrogen and oxygen atoms in total. The fourth-order valence-electron chi connectivity index (χ4n) is 8.99. The third kappa shape index (κ3) is 15.7. The molecule has 2 heterocycles. The third-order valence-corrected chi connectivity index (χ3v) is 13.2. The lowest BCUT2D eigenvalue weighted by molar-refractivity contribution is -0.306. The molecule has 0 aromatic rings. The van der Waals surface area contributed by atoms with Crippen LogP contribution in [-0.4, -0.2) is 185 Å². The molecular formula is C44H84N4O12S. The third-order valence-electron chi connectivity index (χ3n) is 13.0. The highest BCUT2D eigenvalue weighted by molar-refractivity contribution is 7.80. The molecule has 17 atom stereocenters. The van der Waals surface area contributed by atoms with E-state index in [1.165, 1.54) is 6.92 Å². The predicted octanol–water partition coefficient (Wildman–Crippen LogP) is 2.54. The summed E-state index contributed by atoms with van der Waals surface area (Å²) in [5, 5.41) is 66.2. The van der Waals surface area contributed by atoms with E-state index in [1.807, 2.05) is 46.7 Å². The lowest BCUT2D eigenvalue weighted by Gasteiger charge is -2.47. The van der Waals surface area contributed by atoms with Gasteiger partial charge in [0.1, 0.15) is 23.9 Å². The summed E-state index contributed by atoms with van der Waals surface area (Å²) in [6, 6.07) is -0.464. The second-order valence-corrected chi connectivity index (χ2v) is 19.5. The normalized spacial score (nSPS) is 39.1. The fourth-order valence-corrected chi connectivity index (χ4v) is 9.26. The molecule has 0 radical (unpaired) electrons. The van der Waals surface area contributed by atoms with Gasteiger partial charge in [0.2, 0.25) is 0 Å². The number of likely N-dealkylation sites (N-methyl/N-ethyl adjacent to an activating group) is 1. The Hall–Kier alpha value is -1.32. The van der Waals surface area contributed by atoms with Gasteiger partial charge in [-0.2, -0.15) is 0 Å². The Morgan fingerprint density at radius 3 is 2.33 bits per heavy atom. The van der Waals surface area contributed by atoms with Crippen LogP contribution >= 0.6 is 12.2 Å². The number of carbonyl (C=O) groups excluding carboxylic acids is 1. The Morgan fingerprint density at radius 2 is 1.75 bits per heavy atom. The lowest BCUT2D eigenvalue weighted by atomic mass is 9.77. The smallest absolute Gasteiger partial charge is 0.311 e. The molecule has 3 fully saturated rings. The highest BCUT2D eigenvalue weighted by atomic mass is 32.1. The van der Waals surface area contributed by atoms with Crippen LogP contribution in [0.15, 0.2) is 0 Å². The molecule has 358 valence electrons. The highest BCUT2D eigenvalue weighted by Gasteiger charge is 2.51. The number of ether oxygens (including phenoxy) is 6. The zero-order valence-corrected chi connectivity index (χ0v) is 40.2. The molecule has 17 heteroatoms. The summed E-state index contributed by atoms with van der Waals surface area (Å²) in [7, 11) is 5.33. The fraction of sp³-hybridized carbons (Fsp3) is 0.955. The number of methoxy groups -OCH3 is 1. The van der Waals surface area contributed by atoms with Crippen LogP contribution in [0.25, 0.3) is 0 Å².